The van der Waals surface area contributed by atoms with Gasteiger partial charge in [0.2, 0.25) is 5.88 Å². The molecule has 4 heteroatoms. The average Bonchev–Trinajstić information content (AvgIpc) is 2.34. The molecule has 0 radical (unpaired) electrons. The van der Waals surface area contributed by atoms with Gasteiger partial charge in [0.1, 0.15) is 0 Å². The molecule has 1 aromatic heterocycles. The summed E-state index contributed by atoms with van der Waals surface area (Å²) in [6.07, 6.45) is 2.63. The standard InChI is InChI=1S/C12H20N2O2/c1-9(6-8-15-2)11(13)10-5-4-7-14-12(10)16-3/h4-5,7,9,11H,6,8,13H2,1-3H3. The minimum atomic E-state index is -0.0706. The molecule has 0 bridgehead atoms. The lowest BCUT2D eigenvalue weighted by Gasteiger charge is -2.21. The average molecular weight is 224 g/mol. The van der Waals surface area contributed by atoms with E-state index in [0.29, 0.717) is 11.8 Å². The summed E-state index contributed by atoms with van der Waals surface area (Å²) in [5.41, 5.74) is 7.13. The second-order valence-electron chi connectivity index (χ2n) is 3.89. The van der Waals surface area contributed by atoms with E-state index in [1.807, 2.05) is 12.1 Å². The van der Waals surface area contributed by atoms with Crippen LogP contribution in [0.3, 0.4) is 0 Å². The largest absolute Gasteiger partial charge is 0.481 e. The Hall–Kier alpha value is -1.13. The first-order valence-corrected chi connectivity index (χ1v) is 5.44. The fourth-order valence-electron chi connectivity index (χ4n) is 1.62. The Labute approximate surface area is 96.8 Å². The summed E-state index contributed by atoms with van der Waals surface area (Å²) in [5.74, 6) is 0.942. The number of hydrogen-bond acceptors (Lipinski definition) is 4. The maximum absolute atomic E-state index is 6.18. The zero-order valence-electron chi connectivity index (χ0n) is 10.1. The normalized spacial score (nSPS) is 14.5. The summed E-state index contributed by atoms with van der Waals surface area (Å²) in [5, 5.41) is 0. The van der Waals surface area contributed by atoms with Crippen molar-refractivity contribution in [3.8, 4) is 5.88 Å². The van der Waals surface area contributed by atoms with Gasteiger partial charge in [0.25, 0.3) is 0 Å². The minimum absolute atomic E-state index is 0.0706. The van der Waals surface area contributed by atoms with Gasteiger partial charge in [-0.3, -0.25) is 0 Å². The van der Waals surface area contributed by atoms with E-state index < -0.39 is 0 Å². The van der Waals surface area contributed by atoms with Gasteiger partial charge in [0, 0.05) is 31.5 Å². The molecule has 0 saturated heterocycles. The van der Waals surface area contributed by atoms with Gasteiger partial charge in [-0.15, -0.1) is 0 Å². The van der Waals surface area contributed by atoms with Crippen LogP contribution in [0, 0.1) is 5.92 Å². The van der Waals surface area contributed by atoms with Gasteiger partial charge in [-0.25, -0.2) is 4.98 Å². The highest BCUT2D eigenvalue weighted by Crippen LogP contribution is 2.27. The summed E-state index contributed by atoms with van der Waals surface area (Å²) in [7, 11) is 3.31. The molecule has 1 heterocycles. The van der Waals surface area contributed by atoms with Crippen molar-refractivity contribution in [1.29, 1.82) is 0 Å². The number of nitrogens with zero attached hydrogens (tertiary/aromatic N) is 1. The molecule has 2 unspecified atom stereocenters. The maximum Gasteiger partial charge on any atom is 0.217 e. The maximum atomic E-state index is 6.18. The number of nitrogens with two attached hydrogens (primary N) is 1. The third-order valence-electron chi connectivity index (χ3n) is 2.74. The van der Waals surface area contributed by atoms with E-state index in [1.165, 1.54) is 0 Å². The summed E-state index contributed by atoms with van der Waals surface area (Å²) >= 11 is 0. The Morgan fingerprint density at radius 1 is 1.44 bits per heavy atom. The monoisotopic (exact) mass is 224 g/mol. The SMILES string of the molecule is COCCC(C)C(N)c1cccnc1OC. The molecule has 0 aromatic carbocycles. The first kappa shape index (κ1) is 12.9. The Morgan fingerprint density at radius 2 is 2.19 bits per heavy atom. The number of ether oxygens (including phenoxy) is 2. The van der Waals surface area contributed by atoms with Crippen molar-refractivity contribution in [2.75, 3.05) is 20.8 Å². The third kappa shape index (κ3) is 3.18. The Bertz CT molecular complexity index is 318. The molecule has 2 atom stereocenters. The van der Waals surface area contributed by atoms with E-state index in [4.69, 9.17) is 15.2 Å². The van der Waals surface area contributed by atoms with Crippen LogP contribution in [0.4, 0.5) is 0 Å². The molecule has 0 spiro atoms. The van der Waals surface area contributed by atoms with E-state index in [-0.39, 0.29) is 6.04 Å². The number of aromatic nitrogens is 1. The molecule has 4 nitrogen and oxygen atoms in total. The van der Waals surface area contributed by atoms with Gasteiger partial charge < -0.3 is 15.2 Å². The smallest absolute Gasteiger partial charge is 0.217 e. The van der Waals surface area contributed by atoms with Crippen molar-refractivity contribution in [1.82, 2.24) is 4.98 Å². The predicted octanol–water partition coefficient (Wildman–Crippen LogP) is 1.76. The fourth-order valence-corrected chi connectivity index (χ4v) is 1.62. The second-order valence-corrected chi connectivity index (χ2v) is 3.89. The molecular formula is C12H20N2O2. The van der Waals surface area contributed by atoms with E-state index in [0.717, 1.165) is 18.6 Å². The number of methoxy groups -OCH3 is 2. The van der Waals surface area contributed by atoms with Gasteiger partial charge in [0.15, 0.2) is 0 Å². The van der Waals surface area contributed by atoms with E-state index in [2.05, 4.69) is 11.9 Å². The summed E-state index contributed by atoms with van der Waals surface area (Å²) < 4.78 is 10.3. The number of pyridine rings is 1. The molecular weight excluding hydrogens is 204 g/mol. The van der Waals surface area contributed by atoms with Crippen LogP contribution >= 0.6 is 0 Å². The lowest BCUT2D eigenvalue weighted by Crippen LogP contribution is -2.21. The minimum Gasteiger partial charge on any atom is -0.481 e. The number of hydrogen-bond donors (Lipinski definition) is 1. The molecule has 90 valence electrons. The van der Waals surface area contributed by atoms with Crippen molar-refractivity contribution >= 4 is 0 Å². The van der Waals surface area contributed by atoms with Crippen LogP contribution in [0.1, 0.15) is 24.9 Å². The Balaban J connectivity index is 2.74. The molecule has 16 heavy (non-hydrogen) atoms. The van der Waals surface area contributed by atoms with E-state index >= 15 is 0 Å². The van der Waals surface area contributed by atoms with Gasteiger partial charge in [0.05, 0.1) is 7.11 Å². The summed E-state index contributed by atoms with van der Waals surface area (Å²) in [6.45, 7) is 2.83. The molecule has 2 N–H and O–H groups in total. The zero-order chi connectivity index (χ0) is 12.0. The highest BCUT2D eigenvalue weighted by molar-refractivity contribution is 5.28. The van der Waals surface area contributed by atoms with Crippen LogP contribution in [-0.4, -0.2) is 25.8 Å². The van der Waals surface area contributed by atoms with Crippen LogP contribution in [0.25, 0.3) is 0 Å². The topological polar surface area (TPSA) is 57.4 Å². The van der Waals surface area contributed by atoms with Crippen molar-refractivity contribution in [3.63, 3.8) is 0 Å². The molecule has 0 saturated carbocycles. The fraction of sp³-hybridized carbons (Fsp3) is 0.583. The Morgan fingerprint density at radius 3 is 2.81 bits per heavy atom. The third-order valence-corrected chi connectivity index (χ3v) is 2.74. The van der Waals surface area contributed by atoms with Crippen molar-refractivity contribution in [2.45, 2.75) is 19.4 Å². The second kappa shape index (κ2) is 6.45. The molecule has 0 fully saturated rings. The highest BCUT2D eigenvalue weighted by atomic mass is 16.5. The molecule has 0 aliphatic rings. The zero-order valence-corrected chi connectivity index (χ0v) is 10.1. The molecule has 1 rings (SSSR count). The summed E-state index contributed by atoms with van der Waals surface area (Å²) in [4.78, 5) is 4.15. The lowest BCUT2D eigenvalue weighted by atomic mass is 9.93. The van der Waals surface area contributed by atoms with Crippen LogP contribution < -0.4 is 10.5 Å². The predicted molar refractivity (Wildman–Crippen MR) is 63.4 cm³/mol. The molecule has 0 amide bonds. The first-order chi connectivity index (χ1) is 7.70. The summed E-state index contributed by atoms with van der Waals surface area (Å²) in [6, 6.07) is 3.76. The van der Waals surface area contributed by atoms with Crippen molar-refractivity contribution in [3.05, 3.63) is 23.9 Å². The van der Waals surface area contributed by atoms with Crippen molar-refractivity contribution in [2.24, 2.45) is 11.7 Å². The van der Waals surface area contributed by atoms with E-state index in [9.17, 15) is 0 Å². The van der Waals surface area contributed by atoms with Gasteiger partial charge in [-0.05, 0) is 18.4 Å². The molecule has 0 aliphatic carbocycles. The van der Waals surface area contributed by atoms with Crippen LogP contribution in [0.5, 0.6) is 5.88 Å². The van der Waals surface area contributed by atoms with Crippen LogP contribution in [0.15, 0.2) is 18.3 Å². The highest BCUT2D eigenvalue weighted by Gasteiger charge is 2.18. The van der Waals surface area contributed by atoms with Gasteiger partial charge in [-0.1, -0.05) is 13.0 Å². The van der Waals surface area contributed by atoms with Gasteiger partial charge in [-0.2, -0.15) is 0 Å². The quantitative estimate of drug-likeness (QED) is 0.800. The van der Waals surface area contributed by atoms with Crippen LogP contribution in [0.2, 0.25) is 0 Å². The first-order valence-electron chi connectivity index (χ1n) is 5.44. The van der Waals surface area contributed by atoms with Crippen LogP contribution in [-0.2, 0) is 4.74 Å². The number of rotatable bonds is 6. The van der Waals surface area contributed by atoms with Crippen molar-refractivity contribution < 1.29 is 9.47 Å². The van der Waals surface area contributed by atoms with E-state index in [1.54, 1.807) is 20.4 Å². The lowest BCUT2D eigenvalue weighted by molar-refractivity contribution is 0.174. The molecule has 0 aliphatic heterocycles. The Kier molecular flexibility index (Phi) is 5.22. The van der Waals surface area contributed by atoms with Gasteiger partial charge >= 0.3 is 0 Å². The molecule has 1 aromatic rings.